The lowest BCUT2D eigenvalue weighted by Crippen LogP contribution is -2.11. The Bertz CT molecular complexity index is 368. The van der Waals surface area contributed by atoms with Gasteiger partial charge in [0.05, 0.1) is 6.42 Å². The van der Waals surface area contributed by atoms with Gasteiger partial charge in [-0.2, -0.15) is 0 Å². The van der Waals surface area contributed by atoms with Gasteiger partial charge in [-0.3, -0.25) is 4.79 Å². The van der Waals surface area contributed by atoms with Gasteiger partial charge in [0.25, 0.3) is 0 Å². The Morgan fingerprint density at radius 1 is 1.35 bits per heavy atom. The molecule has 0 aliphatic carbocycles. The second-order valence-corrected chi connectivity index (χ2v) is 4.13. The van der Waals surface area contributed by atoms with Crippen molar-refractivity contribution in [2.24, 2.45) is 5.92 Å². The van der Waals surface area contributed by atoms with Gasteiger partial charge in [0.2, 0.25) is 0 Å². The molecular formula is C11H18N4O2. The molecule has 6 heteroatoms. The molecule has 1 heterocycles. The average Bonchev–Trinajstić information content (AvgIpc) is 2.26. The summed E-state index contributed by atoms with van der Waals surface area (Å²) in [7, 11) is 0. The summed E-state index contributed by atoms with van der Waals surface area (Å²) in [6.07, 6.45) is 1.52. The molecule has 17 heavy (non-hydrogen) atoms. The first kappa shape index (κ1) is 13.2. The molecule has 0 unspecified atom stereocenters. The third-order valence-corrected chi connectivity index (χ3v) is 2.00. The molecule has 0 aliphatic rings. The summed E-state index contributed by atoms with van der Waals surface area (Å²) in [5.74, 6) is 1.08. The Balaban J connectivity index is 2.45. The van der Waals surface area contributed by atoms with Crippen molar-refractivity contribution in [1.29, 1.82) is 0 Å². The lowest BCUT2D eigenvalue weighted by atomic mass is 10.2. The largest absolute Gasteiger partial charge is 0.481 e. The van der Waals surface area contributed by atoms with Crippen LogP contribution in [0.3, 0.4) is 0 Å². The number of carboxylic acids is 1. The number of nitrogens with one attached hydrogen (secondary N) is 2. The second-order valence-electron chi connectivity index (χ2n) is 4.13. The van der Waals surface area contributed by atoms with Crippen molar-refractivity contribution < 1.29 is 9.90 Å². The van der Waals surface area contributed by atoms with E-state index >= 15 is 0 Å². The van der Waals surface area contributed by atoms with Crippen LogP contribution in [0, 0.1) is 5.92 Å². The number of rotatable bonds is 7. The number of hydrogen-bond acceptors (Lipinski definition) is 5. The fourth-order valence-corrected chi connectivity index (χ4v) is 1.16. The normalized spacial score (nSPS) is 10.3. The highest BCUT2D eigenvalue weighted by molar-refractivity contribution is 5.67. The molecule has 0 spiro atoms. The Hall–Kier alpha value is -1.85. The van der Waals surface area contributed by atoms with Gasteiger partial charge < -0.3 is 15.7 Å². The molecule has 94 valence electrons. The predicted molar refractivity (Wildman–Crippen MR) is 66.1 cm³/mol. The van der Waals surface area contributed by atoms with Crippen LogP contribution in [0.1, 0.15) is 20.3 Å². The van der Waals surface area contributed by atoms with E-state index in [0.717, 1.165) is 12.4 Å². The summed E-state index contributed by atoms with van der Waals surface area (Å²) >= 11 is 0. The summed E-state index contributed by atoms with van der Waals surface area (Å²) < 4.78 is 0. The van der Waals surface area contributed by atoms with Gasteiger partial charge in [-0.05, 0) is 5.92 Å². The fourth-order valence-electron chi connectivity index (χ4n) is 1.16. The summed E-state index contributed by atoms with van der Waals surface area (Å²) in [5, 5.41) is 14.6. The van der Waals surface area contributed by atoms with Crippen molar-refractivity contribution in [2.75, 3.05) is 23.7 Å². The van der Waals surface area contributed by atoms with E-state index in [0.29, 0.717) is 18.3 Å². The monoisotopic (exact) mass is 238 g/mol. The van der Waals surface area contributed by atoms with Crippen molar-refractivity contribution in [2.45, 2.75) is 20.3 Å². The Kier molecular flexibility index (Phi) is 5.19. The molecule has 1 aromatic rings. The molecule has 0 saturated heterocycles. The maximum Gasteiger partial charge on any atom is 0.305 e. The van der Waals surface area contributed by atoms with Gasteiger partial charge in [0.15, 0.2) is 0 Å². The van der Waals surface area contributed by atoms with E-state index in [-0.39, 0.29) is 6.42 Å². The van der Waals surface area contributed by atoms with Crippen molar-refractivity contribution >= 4 is 17.6 Å². The highest BCUT2D eigenvalue weighted by atomic mass is 16.4. The number of carbonyl (C=O) groups is 1. The molecular weight excluding hydrogens is 220 g/mol. The highest BCUT2D eigenvalue weighted by Gasteiger charge is 2.01. The van der Waals surface area contributed by atoms with E-state index in [4.69, 9.17) is 5.11 Å². The van der Waals surface area contributed by atoms with Gasteiger partial charge in [-0.1, -0.05) is 13.8 Å². The fraction of sp³-hybridized carbons (Fsp3) is 0.545. The molecule has 0 aliphatic heterocycles. The SMILES string of the molecule is CC(C)CNc1cc(NCCC(=O)O)ncn1. The number of carboxylic acid groups (broad SMARTS) is 1. The van der Waals surface area contributed by atoms with Crippen molar-refractivity contribution in [3.05, 3.63) is 12.4 Å². The topological polar surface area (TPSA) is 87.1 Å². The van der Waals surface area contributed by atoms with Crippen LogP contribution < -0.4 is 10.6 Å². The third-order valence-electron chi connectivity index (χ3n) is 2.00. The molecule has 0 aromatic carbocycles. The average molecular weight is 238 g/mol. The Morgan fingerprint density at radius 2 is 2.00 bits per heavy atom. The number of anilines is 2. The van der Waals surface area contributed by atoms with Gasteiger partial charge in [0, 0.05) is 19.2 Å². The van der Waals surface area contributed by atoms with Gasteiger partial charge in [0.1, 0.15) is 18.0 Å². The zero-order valence-electron chi connectivity index (χ0n) is 10.1. The van der Waals surface area contributed by atoms with E-state index < -0.39 is 5.97 Å². The molecule has 6 nitrogen and oxygen atoms in total. The minimum atomic E-state index is -0.829. The maximum atomic E-state index is 10.3. The lowest BCUT2D eigenvalue weighted by molar-refractivity contribution is -0.136. The van der Waals surface area contributed by atoms with Crippen LogP contribution in [0.2, 0.25) is 0 Å². The number of nitrogens with zero attached hydrogens (tertiary/aromatic N) is 2. The Morgan fingerprint density at radius 3 is 2.59 bits per heavy atom. The zero-order valence-corrected chi connectivity index (χ0v) is 10.1. The lowest BCUT2D eigenvalue weighted by Gasteiger charge is -2.09. The van der Waals surface area contributed by atoms with Crippen LogP contribution in [0.25, 0.3) is 0 Å². The van der Waals surface area contributed by atoms with Crippen LogP contribution in [0.4, 0.5) is 11.6 Å². The summed E-state index contributed by atoms with van der Waals surface area (Å²) in [6.45, 7) is 5.42. The highest BCUT2D eigenvalue weighted by Crippen LogP contribution is 2.09. The molecule has 0 fully saturated rings. The minimum absolute atomic E-state index is 0.0682. The van der Waals surface area contributed by atoms with Gasteiger partial charge in [-0.15, -0.1) is 0 Å². The van der Waals surface area contributed by atoms with E-state index in [1.807, 2.05) is 0 Å². The second kappa shape index (κ2) is 6.67. The molecule has 0 radical (unpaired) electrons. The molecule has 3 N–H and O–H groups in total. The molecule has 1 aromatic heterocycles. The molecule has 0 saturated carbocycles. The van der Waals surface area contributed by atoms with Crippen LogP contribution in [-0.2, 0) is 4.79 Å². The summed E-state index contributed by atoms with van der Waals surface area (Å²) in [5.41, 5.74) is 0. The quantitative estimate of drug-likeness (QED) is 0.666. The van der Waals surface area contributed by atoms with E-state index in [1.54, 1.807) is 6.07 Å². The first-order valence-corrected chi connectivity index (χ1v) is 5.59. The van der Waals surface area contributed by atoms with E-state index in [9.17, 15) is 4.79 Å². The standard InChI is InChI=1S/C11H18N4O2/c1-8(2)6-13-10-5-9(14-7-15-10)12-4-3-11(16)17/h5,7-8H,3-4,6H2,1-2H3,(H,16,17)(H2,12,13,14,15). The first-order chi connectivity index (χ1) is 8.08. The van der Waals surface area contributed by atoms with Crippen molar-refractivity contribution in [1.82, 2.24) is 9.97 Å². The van der Waals surface area contributed by atoms with Gasteiger partial charge >= 0.3 is 5.97 Å². The minimum Gasteiger partial charge on any atom is -0.481 e. The van der Waals surface area contributed by atoms with E-state index in [1.165, 1.54) is 6.33 Å². The van der Waals surface area contributed by atoms with Crippen molar-refractivity contribution in [3.8, 4) is 0 Å². The van der Waals surface area contributed by atoms with Crippen LogP contribution in [-0.4, -0.2) is 34.1 Å². The number of aromatic nitrogens is 2. The predicted octanol–water partition coefficient (Wildman–Crippen LogP) is 1.43. The molecule has 0 amide bonds. The van der Waals surface area contributed by atoms with Crippen LogP contribution in [0.5, 0.6) is 0 Å². The third kappa shape index (κ3) is 5.70. The smallest absolute Gasteiger partial charge is 0.305 e. The summed E-state index contributed by atoms with van der Waals surface area (Å²) in [4.78, 5) is 18.4. The number of aliphatic carboxylic acids is 1. The van der Waals surface area contributed by atoms with Crippen molar-refractivity contribution in [3.63, 3.8) is 0 Å². The maximum absolute atomic E-state index is 10.3. The number of hydrogen-bond donors (Lipinski definition) is 3. The zero-order chi connectivity index (χ0) is 12.7. The van der Waals surface area contributed by atoms with Gasteiger partial charge in [-0.25, -0.2) is 9.97 Å². The molecule has 0 bridgehead atoms. The summed E-state index contributed by atoms with van der Waals surface area (Å²) in [6, 6.07) is 1.77. The Labute approximate surface area is 100 Å². The first-order valence-electron chi connectivity index (χ1n) is 5.59. The molecule has 1 rings (SSSR count). The van der Waals surface area contributed by atoms with Crippen LogP contribution in [0.15, 0.2) is 12.4 Å². The molecule has 0 atom stereocenters. The van der Waals surface area contributed by atoms with E-state index in [2.05, 4.69) is 34.4 Å². The van der Waals surface area contributed by atoms with Crippen LogP contribution >= 0.6 is 0 Å².